The lowest BCUT2D eigenvalue weighted by molar-refractivity contribution is 0.116. The maximum Gasteiger partial charge on any atom is 0.327 e. The van der Waals surface area contributed by atoms with Gasteiger partial charge in [0.2, 0.25) is 5.95 Å². The monoisotopic (exact) mass is 462 g/mol. The van der Waals surface area contributed by atoms with Crippen LogP contribution in [0.2, 0.25) is 0 Å². The van der Waals surface area contributed by atoms with Crippen LogP contribution in [0.3, 0.4) is 0 Å². The SMILES string of the molecule is CNC(=O)n1cnc2c(-c3ccccc3)cc(Nc3ncc(-c4nnc(C(F)F)o4)cn3)cc21. The Kier molecular flexibility index (Phi) is 5.38. The van der Waals surface area contributed by atoms with Gasteiger partial charge in [-0.1, -0.05) is 30.3 Å². The van der Waals surface area contributed by atoms with E-state index in [1.165, 1.54) is 30.3 Å². The molecule has 0 aliphatic carbocycles. The lowest BCUT2D eigenvalue weighted by Crippen LogP contribution is -2.23. The van der Waals surface area contributed by atoms with Gasteiger partial charge in [0.15, 0.2) is 0 Å². The second kappa shape index (κ2) is 8.65. The Balaban J connectivity index is 1.51. The third-order valence-electron chi connectivity index (χ3n) is 4.95. The fourth-order valence-corrected chi connectivity index (χ4v) is 3.38. The largest absolute Gasteiger partial charge is 0.415 e. The topological polar surface area (TPSA) is 124 Å². The van der Waals surface area contributed by atoms with Crippen molar-refractivity contribution in [2.75, 3.05) is 12.4 Å². The molecule has 10 nitrogen and oxygen atoms in total. The number of aromatic nitrogens is 6. The molecule has 2 N–H and O–H groups in total. The molecule has 0 radical (unpaired) electrons. The van der Waals surface area contributed by atoms with Gasteiger partial charge in [0, 0.05) is 30.7 Å². The molecule has 0 fully saturated rings. The molecule has 34 heavy (non-hydrogen) atoms. The van der Waals surface area contributed by atoms with Crippen molar-refractivity contribution in [2.45, 2.75) is 6.43 Å². The second-order valence-corrected chi connectivity index (χ2v) is 7.09. The van der Waals surface area contributed by atoms with Gasteiger partial charge in [0.25, 0.3) is 11.8 Å². The number of benzene rings is 2. The number of nitrogens with one attached hydrogen (secondary N) is 2. The molecule has 3 aromatic heterocycles. The van der Waals surface area contributed by atoms with Crippen molar-refractivity contribution in [1.29, 1.82) is 0 Å². The van der Waals surface area contributed by atoms with Gasteiger partial charge in [-0.25, -0.2) is 19.7 Å². The van der Waals surface area contributed by atoms with E-state index in [1.807, 2.05) is 36.4 Å². The van der Waals surface area contributed by atoms with E-state index >= 15 is 0 Å². The summed E-state index contributed by atoms with van der Waals surface area (Å²) in [6.07, 6.45) is 1.36. The van der Waals surface area contributed by atoms with Crippen LogP contribution in [0.1, 0.15) is 12.3 Å². The van der Waals surface area contributed by atoms with E-state index in [0.29, 0.717) is 22.3 Å². The summed E-state index contributed by atoms with van der Waals surface area (Å²) in [5.41, 5.74) is 3.88. The van der Waals surface area contributed by atoms with Crippen molar-refractivity contribution in [2.24, 2.45) is 0 Å². The average Bonchev–Trinajstić information content (AvgIpc) is 3.52. The Hall–Kier alpha value is -4.74. The van der Waals surface area contributed by atoms with Crippen molar-refractivity contribution in [3.63, 3.8) is 0 Å². The van der Waals surface area contributed by atoms with E-state index in [-0.39, 0.29) is 17.9 Å². The molecule has 0 saturated heterocycles. The third kappa shape index (κ3) is 3.92. The number of hydrogen-bond acceptors (Lipinski definition) is 8. The molecule has 0 saturated carbocycles. The van der Waals surface area contributed by atoms with Gasteiger partial charge in [-0.05, 0) is 17.7 Å². The van der Waals surface area contributed by atoms with Crippen molar-refractivity contribution in [3.8, 4) is 22.6 Å². The normalized spacial score (nSPS) is 11.2. The van der Waals surface area contributed by atoms with Gasteiger partial charge in [0.05, 0.1) is 16.6 Å². The smallest absolute Gasteiger partial charge is 0.327 e. The van der Waals surface area contributed by atoms with Crippen LogP contribution in [0, 0.1) is 0 Å². The molecule has 3 heterocycles. The predicted molar refractivity (Wildman–Crippen MR) is 119 cm³/mol. The van der Waals surface area contributed by atoms with Gasteiger partial charge in [-0.2, -0.15) is 8.78 Å². The number of amides is 1. The highest BCUT2D eigenvalue weighted by molar-refractivity contribution is 5.99. The van der Waals surface area contributed by atoms with E-state index < -0.39 is 12.3 Å². The van der Waals surface area contributed by atoms with Gasteiger partial charge in [-0.15, -0.1) is 10.2 Å². The Morgan fingerprint density at radius 2 is 1.79 bits per heavy atom. The minimum absolute atomic E-state index is 0.107. The van der Waals surface area contributed by atoms with Gasteiger partial charge < -0.3 is 15.1 Å². The maximum absolute atomic E-state index is 12.7. The molecule has 0 atom stereocenters. The highest BCUT2D eigenvalue weighted by Crippen LogP contribution is 2.32. The highest BCUT2D eigenvalue weighted by atomic mass is 19.3. The Bertz CT molecular complexity index is 1470. The summed E-state index contributed by atoms with van der Waals surface area (Å²) in [5, 5.41) is 12.6. The average molecular weight is 462 g/mol. The molecular formula is C22H16F2N8O2. The highest BCUT2D eigenvalue weighted by Gasteiger charge is 2.18. The Morgan fingerprint density at radius 1 is 1.03 bits per heavy atom. The van der Waals surface area contributed by atoms with E-state index in [9.17, 15) is 13.6 Å². The van der Waals surface area contributed by atoms with Crippen LogP contribution < -0.4 is 10.6 Å². The lowest BCUT2D eigenvalue weighted by atomic mass is 10.0. The number of carbonyl (C=O) groups excluding carboxylic acids is 1. The van der Waals surface area contributed by atoms with E-state index in [4.69, 9.17) is 4.42 Å². The van der Waals surface area contributed by atoms with Gasteiger partial charge in [0.1, 0.15) is 6.33 Å². The molecular weight excluding hydrogens is 446 g/mol. The molecule has 0 bridgehead atoms. The number of rotatable bonds is 5. The second-order valence-electron chi connectivity index (χ2n) is 7.09. The van der Waals surface area contributed by atoms with Crippen molar-refractivity contribution < 1.29 is 18.0 Å². The van der Waals surface area contributed by atoms with Gasteiger partial charge >= 0.3 is 12.5 Å². The zero-order chi connectivity index (χ0) is 23.7. The molecule has 12 heteroatoms. The third-order valence-corrected chi connectivity index (χ3v) is 4.95. The summed E-state index contributed by atoms with van der Waals surface area (Å²) >= 11 is 0. The number of fused-ring (bicyclic) bond motifs is 1. The van der Waals surface area contributed by atoms with E-state index in [0.717, 1.165) is 11.1 Å². The van der Waals surface area contributed by atoms with Crippen molar-refractivity contribution in [3.05, 3.63) is 67.1 Å². The summed E-state index contributed by atoms with van der Waals surface area (Å²) in [6, 6.07) is 12.9. The summed E-state index contributed by atoms with van der Waals surface area (Å²) < 4.78 is 31.7. The lowest BCUT2D eigenvalue weighted by Gasteiger charge is -2.10. The minimum Gasteiger partial charge on any atom is -0.415 e. The first-order valence-electron chi connectivity index (χ1n) is 10.0. The number of halogens is 2. The van der Waals surface area contributed by atoms with Crippen LogP contribution in [0.15, 0.2) is 65.6 Å². The first-order chi connectivity index (χ1) is 16.5. The molecule has 0 aliphatic rings. The number of imidazole rings is 1. The van der Waals surface area contributed by atoms with E-state index in [2.05, 4.69) is 35.8 Å². The predicted octanol–water partition coefficient (Wildman–Crippen LogP) is 4.41. The van der Waals surface area contributed by atoms with E-state index in [1.54, 1.807) is 6.07 Å². The number of anilines is 2. The van der Waals surface area contributed by atoms with Crippen LogP contribution >= 0.6 is 0 Å². The summed E-state index contributed by atoms with van der Waals surface area (Å²) in [4.78, 5) is 25.2. The Labute approximate surface area is 190 Å². The molecule has 170 valence electrons. The maximum atomic E-state index is 12.7. The molecule has 2 aromatic carbocycles. The van der Waals surface area contributed by atoms with Gasteiger partial charge in [-0.3, -0.25) is 4.57 Å². The zero-order valence-corrected chi connectivity index (χ0v) is 17.6. The molecule has 0 unspecified atom stereocenters. The van der Waals surface area contributed by atoms with Crippen molar-refractivity contribution in [1.82, 2.24) is 35.0 Å². The number of hydrogen-bond donors (Lipinski definition) is 2. The van der Waals surface area contributed by atoms with Crippen LogP contribution in [-0.2, 0) is 0 Å². The van der Waals surface area contributed by atoms with Crippen LogP contribution in [-0.4, -0.2) is 42.8 Å². The fourth-order valence-electron chi connectivity index (χ4n) is 3.38. The Morgan fingerprint density at radius 3 is 2.47 bits per heavy atom. The number of alkyl halides is 2. The first-order valence-corrected chi connectivity index (χ1v) is 10.0. The molecule has 0 aliphatic heterocycles. The molecule has 0 spiro atoms. The van der Waals surface area contributed by atoms with Crippen LogP contribution in [0.4, 0.5) is 25.2 Å². The fraction of sp³-hybridized carbons (Fsp3) is 0.0909. The zero-order valence-electron chi connectivity index (χ0n) is 17.6. The summed E-state index contributed by atoms with van der Waals surface area (Å²) in [6.45, 7) is 0. The van der Waals surface area contributed by atoms with Crippen LogP contribution in [0.25, 0.3) is 33.6 Å². The number of nitrogens with zero attached hydrogens (tertiary/aromatic N) is 6. The quantitative estimate of drug-likeness (QED) is 0.394. The minimum atomic E-state index is -2.86. The molecule has 5 rings (SSSR count). The molecule has 5 aromatic rings. The standard InChI is InChI=1S/C22H16F2N8O2/c1-25-22(33)32-11-28-17-15(12-5-3-2-4-6-12)7-14(8-16(17)32)29-21-26-9-13(10-27-21)19-30-31-20(34-19)18(23)24/h2-11,18H,1H3,(H,25,33)(H,26,27,29). The molecule has 1 amide bonds. The number of carbonyl (C=O) groups is 1. The van der Waals surface area contributed by atoms with Crippen molar-refractivity contribution >= 4 is 28.7 Å². The van der Waals surface area contributed by atoms with Crippen LogP contribution in [0.5, 0.6) is 0 Å². The first kappa shape index (κ1) is 21.1. The summed E-state index contributed by atoms with van der Waals surface area (Å²) in [5.74, 6) is -0.641. The summed E-state index contributed by atoms with van der Waals surface area (Å²) in [7, 11) is 1.54.